The number of carbonyl (C=O) groups excluding carboxylic acids is 1. The third kappa shape index (κ3) is 4.75. The zero-order valence-electron chi connectivity index (χ0n) is 18.6. The second-order valence-electron chi connectivity index (χ2n) is 8.65. The van der Waals surface area contributed by atoms with Crippen molar-refractivity contribution in [1.82, 2.24) is 9.88 Å². The largest absolute Gasteiger partial charge is 0.487 e. The lowest BCUT2D eigenvalue weighted by Crippen LogP contribution is -2.53. The number of carbonyl (C=O) groups is 1. The van der Waals surface area contributed by atoms with E-state index in [4.69, 9.17) is 10.5 Å². The van der Waals surface area contributed by atoms with Crippen LogP contribution in [0.4, 0.5) is 8.78 Å². The van der Waals surface area contributed by atoms with Crippen molar-refractivity contribution in [3.05, 3.63) is 69.0 Å². The Morgan fingerprint density at radius 1 is 1.27 bits per heavy atom. The van der Waals surface area contributed by atoms with Gasteiger partial charge in [-0.25, -0.2) is 8.78 Å². The molecule has 1 aliphatic rings. The Morgan fingerprint density at radius 2 is 1.94 bits per heavy atom. The van der Waals surface area contributed by atoms with Crippen molar-refractivity contribution in [3.63, 3.8) is 0 Å². The number of thiophene rings is 1. The number of nitrogens with two attached hydrogens (primary N) is 1. The van der Waals surface area contributed by atoms with Gasteiger partial charge in [-0.1, -0.05) is 0 Å². The SMILES string of the molecule is Cc1sc(C(N)=O)cc1-c1ncc(C(C)(O)C2CN(C)C2)cc1OCc1cc(F)cc(F)c1. The van der Waals surface area contributed by atoms with Crippen LogP contribution in [-0.2, 0) is 12.2 Å². The van der Waals surface area contributed by atoms with Crippen LogP contribution in [0.15, 0.2) is 36.5 Å². The number of primary amides is 1. The summed E-state index contributed by atoms with van der Waals surface area (Å²) >= 11 is 1.25. The van der Waals surface area contributed by atoms with E-state index in [1.807, 2.05) is 14.0 Å². The Bertz CT molecular complexity index is 1190. The highest BCUT2D eigenvalue weighted by molar-refractivity contribution is 7.14. The highest BCUT2D eigenvalue weighted by atomic mass is 32.1. The molecule has 1 fully saturated rings. The quantitative estimate of drug-likeness (QED) is 0.544. The molecule has 6 nitrogen and oxygen atoms in total. The van der Waals surface area contributed by atoms with Gasteiger partial charge in [0.05, 0.1) is 10.5 Å². The molecule has 4 rings (SSSR count). The second kappa shape index (κ2) is 8.81. The van der Waals surface area contributed by atoms with E-state index >= 15 is 0 Å². The second-order valence-corrected chi connectivity index (χ2v) is 9.90. The Balaban J connectivity index is 1.73. The average Bonchev–Trinajstić information content (AvgIpc) is 3.11. The number of halogens is 2. The van der Waals surface area contributed by atoms with Crippen LogP contribution in [0.1, 0.15) is 32.6 Å². The Kier molecular flexibility index (Phi) is 6.22. The predicted octanol–water partition coefficient (Wildman–Crippen LogP) is 3.84. The first-order valence-electron chi connectivity index (χ1n) is 10.4. The van der Waals surface area contributed by atoms with Gasteiger partial charge < -0.3 is 20.5 Å². The molecule has 1 aromatic carbocycles. The highest BCUT2D eigenvalue weighted by Crippen LogP contribution is 2.40. The van der Waals surface area contributed by atoms with Crippen molar-refractivity contribution >= 4 is 17.2 Å². The molecule has 33 heavy (non-hydrogen) atoms. The molecule has 0 spiro atoms. The van der Waals surface area contributed by atoms with E-state index in [0.29, 0.717) is 33.0 Å². The van der Waals surface area contributed by atoms with Crippen molar-refractivity contribution in [3.8, 4) is 17.0 Å². The molecule has 2 aromatic heterocycles. The molecule has 1 amide bonds. The van der Waals surface area contributed by atoms with Gasteiger partial charge in [-0.05, 0) is 50.7 Å². The van der Waals surface area contributed by atoms with Crippen molar-refractivity contribution in [2.24, 2.45) is 11.7 Å². The number of nitrogens with zero attached hydrogens (tertiary/aromatic N) is 2. The molecule has 0 aliphatic carbocycles. The van der Waals surface area contributed by atoms with E-state index in [0.717, 1.165) is 24.0 Å². The molecule has 3 heterocycles. The van der Waals surface area contributed by atoms with Crippen LogP contribution in [0.5, 0.6) is 5.75 Å². The monoisotopic (exact) mass is 473 g/mol. The summed E-state index contributed by atoms with van der Waals surface area (Å²) in [6, 6.07) is 6.54. The van der Waals surface area contributed by atoms with Crippen LogP contribution >= 0.6 is 11.3 Å². The fourth-order valence-corrected chi connectivity index (χ4v) is 4.89. The molecule has 3 aromatic rings. The van der Waals surface area contributed by atoms with E-state index in [9.17, 15) is 18.7 Å². The van der Waals surface area contributed by atoms with E-state index in [-0.39, 0.29) is 12.5 Å². The number of aliphatic hydroxyl groups is 1. The normalized spacial score (nSPS) is 16.3. The molecule has 3 N–H and O–H groups in total. The van der Waals surface area contributed by atoms with Crippen LogP contribution in [0, 0.1) is 24.5 Å². The predicted molar refractivity (Wildman–Crippen MR) is 122 cm³/mol. The first-order valence-corrected chi connectivity index (χ1v) is 11.3. The van der Waals surface area contributed by atoms with E-state index in [1.165, 1.54) is 23.5 Å². The van der Waals surface area contributed by atoms with Crippen LogP contribution in [0.25, 0.3) is 11.3 Å². The molecule has 0 saturated carbocycles. The first kappa shape index (κ1) is 23.3. The number of pyridine rings is 1. The summed E-state index contributed by atoms with van der Waals surface area (Å²) in [6.45, 7) is 4.98. The Labute approximate surface area is 194 Å². The summed E-state index contributed by atoms with van der Waals surface area (Å²) in [6.07, 6.45) is 1.60. The zero-order chi connectivity index (χ0) is 23.9. The number of amides is 1. The third-order valence-corrected chi connectivity index (χ3v) is 7.09. The summed E-state index contributed by atoms with van der Waals surface area (Å²) < 4.78 is 33.2. The summed E-state index contributed by atoms with van der Waals surface area (Å²) in [4.78, 5) is 19.5. The fraction of sp³-hybridized carbons (Fsp3) is 0.333. The number of aryl methyl sites for hydroxylation is 1. The van der Waals surface area contributed by atoms with Crippen molar-refractivity contribution in [2.75, 3.05) is 20.1 Å². The van der Waals surface area contributed by atoms with Gasteiger partial charge in [0.15, 0.2) is 0 Å². The number of hydrogen-bond acceptors (Lipinski definition) is 6. The fourth-order valence-electron chi connectivity index (χ4n) is 4.02. The molecular weight excluding hydrogens is 448 g/mol. The molecular formula is C24H25F2N3O3S. The maximum absolute atomic E-state index is 13.6. The topological polar surface area (TPSA) is 88.7 Å². The summed E-state index contributed by atoms with van der Waals surface area (Å²) in [5.74, 6) is -1.57. The maximum Gasteiger partial charge on any atom is 0.258 e. The Morgan fingerprint density at radius 3 is 2.52 bits per heavy atom. The van der Waals surface area contributed by atoms with Crippen LogP contribution < -0.4 is 10.5 Å². The van der Waals surface area contributed by atoms with E-state index in [2.05, 4.69) is 9.88 Å². The maximum atomic E-state index is 13.6. The van der Waals surface area contributed by atoms with E-state index < -0.39 is 23.1 Å². The van der Waals surface area contributed by atoms with Gasteiger partial charge in [-0.15, -0.1) is 11.3 Å². The van der Waals surface area contributed by atoms with E-state index in [1.54, 1.807) is 25.3 Å². The molecule has 9 heteroatoms. The number of rotatable bonds is 7. The minimum Gasteiger partial charge on any atom is -0.487 e. The molecule has 1 saturated heterocycles. The lowest BCUT2D eigenvalue weighted by molar-refractivity contribution is -0.0713. The molecule has 1 aliphatic heterocycles. The molecule has 0 radical (unpaired) electrons. The smallest absolute Gasteiger partial charge is 0.258 e. The lowest BCUT2D eigenvalue weighted by atomic mass is 9.79. The average molecular weight is 474 g/mol. The molecule has 0 bridgehead atoms. The number of ether oxygens (including phenoxy) is 1. The first-order chi connectivity index (χ1) is 15.5. The van der Waals surface area contributed by atoms with Gasteiger partial charge in [0.2, 0.25) is 0 Å². The van der Waals surface area contributed by atoms with Crippen molar-refractivity contribution in [2.45, 2.75) is 26.1 Å². The van der Waals surface area contributed by atoms with Crippen LogP contribution in [0.3, 0.4) is 0 Å². The van der Waals surface area contributed by atoms with Crippen molar-refractivity contribution < 1.29 is 23.4 Å². The zero-order valence-corrected chi connectivity index (χ0v) is 19.4. The minimum atomic E-state index is -1.14. The number of likely N-dealkylation sites (tertiary alicyclic amines) is 1. The van der Waals surface area contributed by atoms with Crippen molar-refractivity contribution in [1.29, 1.82) is 0 Å². The van der Waals surface area contributed by atoms with Gasteiger partial charge in [0.25, 0.3) is 5.91 Å². The standard InChI is InChI=1S/C24H25F2N3O3S/c1-13-19(8-21(33-13)23(27)30)22-20(32-12-14-4-17(25)7-18(26)5-14)6-15(9-28-22)24(2,31)16-10-29(3)11-16/h4-9,16,31H,10-12H2,1-3H3,(H2,27,30). The molecule has 174 valence electrons. The highest BCUT2D eigenvalue weighted by Gasteiger charge is 2.41. The number of hydrogen-bond donors (Lipinski definition) is 2. The lowest BCUT2D eigenvalue weighted by Gasteiger charge is -2.45. The number of benzene rings is 1. The molecule has 1 atom stereocenters. The summed E-state index contributed by atoms with van der Waals surface area (Å²) in [5, 5.41) is 11.2. The number of aromatic nitrogens is 1. The minimum absolute atomic E-state index is 0.0321. The van der Waals surface area contributed by atoms with Crippen LogP contribution in [-0.4, -0.2) is 41.0 Å². The third-order valence-electron chi connectivity index (χ3n) is 6.03. The van der Waals surface area contributed by atoms with Gasteiger partial charge in [-0.2, -0.15) is 0 Å². The summed E-state index contributed by atoms with van der Waals surface area (Å²) in [7, 11) is 1.98. The molecule has 1 unspecified atom stereocenters. The Hall–Kier alpha value is -2.88. The van der Waals surface area contributed by atoms with Gasteiger partial charge in [-0.3, -0.25) is 9.78 Å². The van der Waals surface area contributed by atoms with Crippen LogP contribution in [0.2, 0.25) is 0 Å². The van der Waals surface area contributed by atoms with Gasteiger partial charge in [0.1, 0.15) is 29.7 Å². The van der Waals surface area contributed by atoms with Gasteiger partial charge >= 0.3 is 0 Å². The summed E-state index contributed by atoms with van der Waals surface area (Å²) in [5.41, 5.74) is 6.32. The van der Waals surface area contributed by atoms with Gasteiger partial charge in [0, 0.05) is 47.3 Å².